The molecule has 5 nitrogen and oxygen atoms in total. The largest absolute Gasteiger partial charge is 0.436 e. The highest BCUT2D eigenvalue weighted by Crippen LogP contribution is 2.30. The van der Waals surface area contributed by atoms with Crippen LogP contribution in [-0.2, 0) is 0 Å². The van der Waals surface area contributed by atoms with Gasteiger partial charge in [0.25, 0.3) is 5.91 Å². The molecule has 5 rings (SSSR count). The molecular weight excluding hydrogens is 369 g/mol. The van der Waals surface area contributed by atoms with Crippen LogP contribution in [-0.4, -0.2) is 29.0 Å². The lowest BCUT2D eigenvalue weighted by Gasteiger charge is -2.29. The molecule has 3 heterocycles. The first-order valence-corrected chi connectivity index (χ1v) is 10.0. The fraction of sp³-hybridized carbons (Fsp3) is 0.304. The third-order valence-corrected chi connectivity index (χ3v) is 5.86. The number of piperidine rings is 1. The van der Waals surface area contributed by atoms with Crippen LogP contribution in [0.5, 0.6) is 0 Å². The molecule has 1 amide bonds. The van der Waals surface area contributed by atoms with Gasteiger partial charge < -0.3 is 15.1 Å². The number of nitrogens with zero attached hydrogens (tertiary/aromatic N) is 1. The standard InChI is InChI=1S/C23H22FN3O2/c24-20-8-4-3-7-19(20)21-13-25-23(29-21)18-6-2-1-5-17(18)22(28)27-16-11-14-9-10-15(12-16)26-14/h1-8,13-16,26H,9-12H2,(H,27,28). The van der Waals surface area contributed by atoms with Gasteiger partial charge >= 0.3 is 0 Å². The van der Waals surface area contributed by atoms with Crippen LogP contribution in [0.15, 0.2) is 59.1 Å². The molecule has 6 heteroatoms. The molecule has 0 spiro atoms. The lowest BCUT2D eigenvalue weighted by molar-refractivity contribution is 0.0924. The van der Waals surface area contributed by atoms with Gasteiger partial charge in [-0.3, -0.25) is 4.79 Å². The number of hydrogen-bond donors (Lipinski definition) is 2. The Hall–Kier alpha value is -2.99. The number of carbonyl (C=O) groups excluding carboxylic acids is 1. The van der Waals surface area contributed by atoms with E-state index in [9.17, 15) is 9.18 Å². The maximum absolute atomic E-state index is 14.1. The van der Waals surface area contributed by atoms with E-state index in [1.54, 1.807) is 30.3 Å². The summed E-state index contributed by atoms with van der Waals surface area (Å²) in [6.45, 7) is 0. The molecule has 3 aromatic rings. The van der Waals surface area contributed by atoms with Crippen molar-refractivity contribution in [1.29, 1.82) is 0 Å². The number of aromatic nitrogens is 1. The van der Waals surface area contributed by atoms with E-state index in [0.29, 0.717) is 40.4 Å². The molecule has 1 aromatic heterocycles. The molecule has 2 atom stereocenters. The van der Waals surface area contributed by atoms with E-state index in [1.165, 1.54) is 25.1 Å². The van der Waals surface area contributed by atoms with Gasteiger partial charge in [0.15, 0.2) is 5.76 Å². The average Bonchev–Trinajstić information content (AvgIpc) is 3.35. The second-order valence-corrected chi connectivity index (χ2v) is 7.83. The van der Waals surface area contributed by atoms with Crippen LogP contribution in [0.4, 0.5) is 4.39 Å². The molecule has 0 saturated carbocycles. The fourth-order valence-corrected chi connectivity index (χ4v) is 4.49. The van der Waals surface area contributed by atoms with Crippen molar-refractivity contribution in [1.82, 2.24) is 15.6 Å². The van der Waals surface area contributed by atoms with Gasteiger partial charge in [-0.2, -0.15) is 0 Å². The van der Waals surface area contributed by atoms with Gasteiger partial charge in [-0.25, -0.2) is 9.37 Å². The van der Waals surface area contributed by atoms with Crippen molar-refractivity contribution in [2.45, 2.75) is 43.8 Å². The highest BCUT2D eigenvalue weighted by Gasteiger charge is 2.34. The summed E-state index contributed by atoms with van der Waals surface area (Å²) >= 11 is 0. The summed E-state index contributed by atoms with van der Waals surface area (Å²) in [5.74, 6) is 0.141. The number of benzene rings is 2. The van der Waals surface area contributed by atoms with Gasteiger partial charge in [0.1, 0.15) is 5.82 Å². The molecule has 2 aromatic carbocycles. The maximum atomic E-state index is 14.1. The predicted molar refractivity (Wildman–Crippen MR) is 108 cm³/mol. The number of hydrogen-bond acceptors (Lipinski definition) is 4. The van der Waals surface area contributed by atoms with E-state index in [4.69, 9.17) is 4.42 Å². The fourth-order valence-electron chi connectivity index (χ4n) is 4.49. The van der Waals surface area contributed by atoms with Crippen molar-refractivity contribution < 1.29 is 13.6 Å². The van der Waals surface area contributed by atoms with Crippen molar-refractivity contribution in [3.05, 3.63) is 66.1 Å². The van der Waals surface area contributed by atoms with Gasteiger partial charge in [-0.1, -0.05) is 24.3 Å². The summed E-state index contributed by atoms with van der Waals surface area (Å²) in [5, 5.41) is 6.77. The molecule has 2 aliphatic rings. The quantitative estimate of drug-likeness (QED) is 0.701. The van der Waals surface area contributed by atoms with Crippen LogP contribution in [0.3, 0.4) is 0 Å². The van der Waals surface area contributed by atoms with Crippen LogP contribution < -0.4 is 10.6 Å². The molecule has 2 aliphatic heterocycles. The zero-order valence-corrected chi connectivity index (χ0v) is 15.9. The summed E-state index contributed by atoms with van der Waals surface area (Å²) < 4.78 is 19.9. The second-order valence-electron chi connectivity index (χ2n) is 7.83. The number of nitrogens with one attached hydrogen (secondary N) is 2. The Morgan fingerprint density at radius 2 is 1.72 bits per heavy atom. The smallest absolute Gasteiger partial charge is 0.252 e. The zero-order chi connectivity index (χ0) is 19.8. The average molecular weight is 391 g/mol. The Morgan fingerprint density at radius 1 is 1.03 bits per heavy atom. The minimum Gasteiger partial charge on any atom is -0.436 e. The van der Waals surface area contributed by atoms with Crippen molar-refractivity contribution in [2.24, 2.45) is 0 Å². The number of fused-ring (bicyclic) bond motifs is 2. The van der Waals surface area contributed by atoms with Gasteiger partial charge in [0.05, 0.1) is 17.3 Å². The summed E-state index contributed by atoms with van der Waals surface area (Å²) in [7, 11) is 0. The first-order chi connectivity index (χ1) is 14.2. The van der Waals surface area contributed by atoms with E-state index >= 15 is 0 Å². The van der Waals surface area contributed by atoms with Crippen LogP contribution in [0.2, 0.25) is 0 Å². The van der Waals surface area contributed by atoms with Gasteiger partial charge in [-0.15, -0.1) is 0 Å². The third kappa shape index (κ3) is 3.56. The lowest BCUT2D eigenvalue weighted by Crippen LogP contribution is -2.48. The summed E-state index contributed by atoms with van der Waals surface area (Å²) in [6.07, 6.45) is 5.78. The molecule has 0 radical (unpaired) electrons. The summed E-state index contributed by atoms with van der Waals surface area (Å²) in [5.41, 5.74) is 1.46. The molecule has 2 bridgehead atoms. The first kappa shape index (κ1) is 18.1. The Morgan fingerprint density at radius 3 is 2.48 bits per heavy atom. The highest BCUT2D eigenvalue weighted by molar-refractivity contribution is 6.00. The maximum Gasteiger partial charge on any atom is 0.252 e. The number of oxazole rings is 1. The molecule has 2 fully saturated rings. The number of amides is 1. The molecule has 0 aliphatic carbocycles. The topological polar surface area (TPSA) is 67.2 Å². The molecule has 29 heavy (non-hydrogen) atoms. The minimum absolute atomic E-state index is 0.127. The minimum atomic E-state index is -0.373. The SMILES string of the molecule is O=C(NC1CC2CCC(C1)N2)c1ccccc1-c1ncc(-c2ccccc2F)o1. The second kappa shape index (κ2) is 7.44. The highest BCUT2D eigenvalue weighted by atomic mass is 19.1. The van der Waals surface area contributed by atoms with Crippen molar-refractivity contribution in [3.8, 4) is 22.8 Å². The molecular formula is C23H22FN3O2. The molecule has 2 saturated heterocycles. The van der Waals surface area contributed by atoms with E-state index in [1.807, 2.05) is 12.1 Å². The first-order valence-electron chi connectivity index (χ1n) is 10.0. The monoisotopic (exact) mass is 391 g/mol. The van der Waals surface area contributed by atoms with Gasteiger partial charge in [0.2, 0.25) is 5.89 Å². The van der Waals surface area contributed by atoms with Crippen molar-refractivity contribution >= 4 is 5.91 Å². The van der Waals surface area contributed by atoms with E-state index in [2.05, 4.69) is 15.6 Å². The van der Waals surface area contributed by atoms with E-state index in [0.717, 1.165) is 12.8 Å². The summed E-state index contributed by atoms with van der Waals surface area (Å²) in [4.78, 5) is 17.3. The predicted octanol–water partition coefficient (Wildman–Crippen LogP) is 4.16. The van der Waals surface area contributed by atoms with Crippen LogP contribution >= 0.6 is 0 Å². The van der Waals surface area contributed by atoms with Gasteiger partial charge in [0, 0.05) is 23.7 Å². The Balaban J connectivity index is 1.40. The number of rotatable bonds is 4. The summed E-state index contributed by atoms with van der Waals surface area (Å²) in [6, 6.07) is 14.8. The van der Waals surface area contributed by atoms with Crippen LogP contribution in [0, 0.1) is 5.82 Å². The van der Waals surface area contributed by atoms with Crippen molar-refractivity contribution in [3.63, 3.8) is 0 Å². The third-order valence-electron chi connectivity index (χ3n) is 5.86. The number of carbonyl (C=O) groups is 1. The van der Waals surface area contributed by atoms with Crippen molar-refractivity contribution in [2.75, 3.05) is 0 Å². The van der Waals surface area contributed by atoms with E-state index < -0.39 is 0 Å². The van der Waals surface area contributed by atoms with Crippen LogP contribution in [0.1, 0.15) is 36.0 Å². The Labute approximate surface area is 168 Å². The molecule has 148 valence electrons. The Kier molecular flexibility index (Phi) is 4.64. The van der Waals surface area contributed by atoms with Gasteiger partial charge in [-0.05, 0) is 49.9 Å². The van der Waals surface area contributed by atoms with E-state index in [-0.39, 0.29) is 17.8 Å². The normalized spacial score (nSPS) is 23.1. The Bertz CT molecular complexity index is 1040. The lowest BCUT2D eigenvalue weighted by atomic mass is 9.98. The molecule has 2 N–H and O–H groups in total. The zero-order valence-electron chi connectivity index (χ0n) is 15.9. The van der Waals surface area contributed by atoms with Crippen LogP contribution in [0.25, 0.3) is 22.8 Å². The number of halogens is 1. The molecule has 2 unspecified atom stereocenters.